The lowest BCUT2D eigenvalue weighted by atomic mass is 10.0. The number of rotatable bonds is 2. The van der Waals surface area contributed by atoms with Gasteiger partial charge < -0.3 is 5.73 Å². The van der Waals surface area contributed by atoms with Gasteiger partial charge in [0, 0.05) is 5.02 Å². The third-order valence-corrected chi connectivity index (χ3v) is 2.70. The molecule has 16 heavy (non-hydrogen) atoms. The number of nitrogen functional groups attached to an aromatic ring is 1. The first-order valence-electron chi connectivity index (χ1n) is 4.94. The number of halogens is 2. The highest BCUT2D eigenvalue weighted by atomic mass is 35.5. The molecule has 0 aliphatic rings. The van der Waals surface area contributed by atoms with Gasteiger partial charge in [0.25, 0.3) is 0 Å². The van der Waals surface area contributed by atoms with Gasteiger partial charge in [-0.15, -0.1) is 0 Å². The number of nitrogens with two attached hydrogens (primary N) is 1. The summed E-state index contributed by atoms with van der Waals surface area (Å²) in [5.41, 5.74) is 7.73. The van der Waals surface area contributed by atoms with Crippen LogP contribution >= 0.6 is 11.6 Å². The summed E-state index contributed by atoms with van der Waals surface area (Å²) in [6.45, 7) is 0. The number of benzene rings is 2. The van der Waals surface area contributed by atoms with Crippen molar-refractivity contribution in [2.45, 2.75) is 6.42 Å². The van der Waals surface area contributed by atoms with Crippen LogP contribution in [0.25, 0.3) is 0 Å². The molecule has 0 radical (unpaired) electrons. The van der Waals surface area contributed by atoms with Gasteiger partial charge in [-0.25, -0.2) is 4.39 Å². The van der Waals surface area contributed by atoms with Crippen LogP contribution in [0, 0.1) is 5.82 Å². The maximum Gasteiger partial charge on any atom is 0.146 e. The van der Waals surface area contributed by atoms with E-state index in [1.165, 1.54) is 6.07 Å². The van der Waals surface area contributed by atoms with E-state index in [-0.39, 0.29) is 11.5 Å². The lowest BCUT2D eigenvalue weighted by Crippen LogP contribution is -1.98. The minimum atomic E-state index is -0.369. The van der Waals surface area contributed by atoms with E-state index in [4.69, 9.17) is 17.3 Å². The zero-order chi connectivity index (χ0) is 11.5. The molecule has 0 spiro atoms. The summed E-state index contributed by atoms with van der Waals surface area (Å²) in [7, 11) is 0. The molecule has 0 amide bonds. The molecule has 0 heterocycles. The third kappa shape index (κ3) is 2.34. The van der Waals surface area contributed by atoms with Gasteiger partial charge in [-0.2, -0.15) is 0 Å². The lowest BCUT2D eigenvalue weighted by molar-refractivity contribution is 0.631. The topological polar surface area (TPSA) is 26.0 Å². The summed E-state index contributed by atoms with van der Waals surface area (Å²) in [5.74, 6) is -0.369. The standard InChI is InChI=1S/C13H11ClFN/c14-11-6-4-9(5-7-11)8-10-2-1-3-12(15)13(10)16/h1-7H,8,16H2. The Balaban J connectivity index is 2.27. The monoisotopic (exact) mass is 235 g/mol. The molecular weight excluding hydrogens is 225 g/mol. The van der Waals surface area contributed by atoms with Gasteiger partial charge in [0.15, 0.2) is 0 Å². The van der Waals surface area contributed by atoms with Crippen molar-refractivity contribution < 1.29 is 4.39 Å². The van der Waals surface area contributed by atoms with Crippen molar-refractivity contribution in [1.29, 1.82) is 0 Å². The summed E-state index contributed by atoms with van der Waals surface area (Å²) in [5, 5.41) is 0.691. The third-order valence-electron chi connectivity index (χ3n) is 2.45. The number of hydrogen-bond acceptors (Lipinski definition) is 1. The van der Waals surface area contributed by atoms with Gasteiger partial charge in [0.05, 0.1) is 5.69 Å². The van der Waals surface area contributed by atoms with Crippen molar-refractivity contribution in [3.63, 3.8) is 0 Å². The Morgan fingerprint density at radius 2 is 1.75 bits per heavy atom. The number of anilines is 1. The second-order valence-corrected chi connectivity index (χ2v) is 4.05. The van der Waals surface area contributed by atoms with Crippen LogP contribution in [0.15, 0.2) is 42.5 Å². The predicted molar refractivity (Wildman–Crippen MR) is 65.1 cm³/mol. The number of para-hydroxylation sites is 1. The van der Waals surface area contributed by atoms with Crippen LogP contribution in [0.5, 0.6) is 0 Å². The molecule has 1 nitrogen and oxygen atoms in total. The maximum absolute atomic E-state index is 13.2. The molecule has 0 bridgehead atoms. The predicted octanol–water partition coefficient (Wildman–Crippen LogP) is 3.65. The second kappa shape index (κ2) is 4.54. The molecule has 2 N–H and O–H groups in total. The van der Waals surface area contributed by atoms with E-state index in [0.717, 1.165) is 11.1 Å². The van der Waals surface area contributed by atoms with Crippen LogP contribution in [0.4, 0.5) is 10.1 Å². The molecule has 0 saturated carbocycles. The summed E-state index contributed by atoms with van der Waals surface area (Å²) >= 11 is 5.79. The van der Waals surface area contributed by atoms with E-state index < -0.39 is 0 Å². The van der Waals surface area contributed by atoms with E-state index in [0.29, 0.717) is 11.4 Å². The molecule has 0 aromatic heterocycles. The average molecular weight is 236 g/mol. The van der Waals surface area contributed by atoms with Crippen molar-refractivity contribution >= 4 is 17.3 Å². The van der Waals surface area contributed by atoms with Crippen molar-refractivity contribution in [3.8, 4) is 0 Å². The van der Waals surface area contributed by atoms with Crippen LogP contribution in [0.2, 0.25) is 5.02 Å². The smallest absolute Gasteiger partial charge is 0.146 e. The molecule has 0 aliphatic heterocycles. The highest BCUT2D eigenvalue weighted by Gasteiger charge is 2.04. The molecule has 2 aromatic carbocycles. The van der Waals surface area contributed by atoms with E-state index >= 15 is 0 Å². The van der Waals surface area contributed by atoms with E-state index in [1.54, 1.807) is 6.07 Å². The summed E-state index contributed by atoms with van der Waals surface area (Å²) in [6.07, 6.45) is 0.612. The van der Waals surface area contributed by atoms with Gasteiger partial charge in [-0.3, -0.25) is 0 Å². The van der Waals surface area contributed by atoms with Crippen LogP contribution < -0.4 is 5.73 Å². The highest BCUT2D eigenvalue weighted by molar-refractivity contribution is 6.30. The van der Waals surface area contributed by atoms with Gasteiger partial charge in [-0.1, -0.05) is 35.9 Å². The molecule has 2 aromatic rings. The van der Waals surface area contributed by atoms with Gasteiger partial charge in [-0.05, 0) is 35.7 Å². The molecule has 0 aliphatic carbocycles. The molecule has 82 valence electrons. The van der Waals surface area contributed by atoms with E-state index in [9.17, 15) is 4.39 Å². The second-order valence-electron chi connectivity index (χ2n) is 3.62. The first kappa shape index (κ1) is 11.0. The van der Waals surface area contributed by atoms with Crippen LogP contribution in [0.3, 0.4) is 0 Å². The Morgan fingerprint density at radius 1 is 1.06 bits per heavy atom. The SMILES string of the molecule is Nc1c(F)cccc1Cc1ccc(Cl)cc1. The Bertz CT molecular complexity index is 494. The fourth-order valence-corrected chi connectivity index (χ4v) is 1.68. The molecule has 0 saturated heterocycles. The Hall–Kier alpha value is -1.54. The summed E-state index contributed by atoms with van der Waals surface area (Å²) in [4.78, 5) is 0. The minimum absolute atomic E-state index is 0.220. The van der Waals surface area contributed by atoms with Crippen molar-refractivity contribution in [2.24, 2.45) is 0 Å². The average Bonchev–Trinajstić information content (AvgIpc) is 2.28. The molecule has 0 unspecified atom stereocenters. The van der Waals surface area contributed by atoms with Gasteiger partial charge in [0.2, 0.25) is 0 Å². The van der Waals surface area contributed by atoms with Gasteiger partial charge in [0.1, 0.15) is 5.82 Å². The highest BCUT2D eigenvalue weighted by Crippen LogP contribution is 2.20. The first-order valence-corrected chi connectivity index (χ1v) is 5.32. The quantitative estimate of drug-likeness (QED) is 0.790. The van der Waals surface area contributed by atoms with Crippen LogP contribution in [-0.2, 0) is 6.42 Å². The maximum atomic E-state index is 13.2. The lowest BCUT2D eigenvalue weighted by Gasteiger charge is -2.06. The van der Waals surface area contributed by atoms with Crippen LogP contribution in [-0.4, -0.2) is 0 Å². The van der Waals surface area contributed by atoms with E-state index in [2.05, 4.69) is 0 Å². The fraction of sp³-hybridized carbons (Fsp3) is 0.0769. The molecular formula is C13H11ClFN. The Kier molecular flexibility index (Phi) is 3.11. The summed E-state index contributed by atoms with van der Waals surface area (Å²) in [6, 6.07) is 12.3. The minimum Gasteiger partial charge on any atom is -0.396 e. The normalized spacial score (nSPS) is 10.4. The number of hydrogen-bond donors (Lipinski definition) is 1. The zero-order valence-corrected chi connectivity index (χ0v) is 9.34. The molecule has 0 atom stereocenters. The molecule has 0 fully saturated rings. The van der Waals surface area contributed by atoms with Crippen molar-refractivity contribution in [3.05, 3.63) is 64.4 Å². The molecule has 2 rings (SSSR count). The first-order chi connectivity index (χ1) is 7.66. The van der Waals surface area contributed by atoms with Crippen molar-refractivity contribution in [2.75, 3.05) is 5.73 Å². The van der Waals surface area contributed by atoms with E-state index in [1.807, 2.05) is 30.3 Å². The summed E-state index contributed by atoms with van der Waals surface area (Å²) < 4.78 is 13.2. The van der Waals surface area contributed by atoms with Crippen LogP contribution in [0.1, 0.15) is 11.1 Å². The molecule has 3 heteroatoms. The Labute approximate surface area is 98.7 Å². The fourth-order valence-electron chi connectivity index (χ4n) is 1.56. The van der Waals surface area contributed by atoms with Gasteiger partial charge >= 0.3 is 0 Å². The zero-order valence-electron chi connectivity index (χ0n) is 8.58. The largest absolute Gasteiger partial charge is 0.396 e. The van der Waals surface area contributed by atoms with Crippen molar-refractivity contribution in [1.82, 2.24) is 0 Å². The Morgan fingerprint density at radius 3 is 2.44 bits per heavy atom.